The minimum Gasteiger partial charge on any atom is -0.342 e. The molecule has 2 heterocycles. The number of hydrogen-bond acceptors (Lipinski definition) is 5. The number of nitrogens with zero attached hydrogens (tertiary/aromatic N) is 4. The quantitative estimate of drug-likeness (QED) is 0.796. The molecule has 0 saturated carbocycles. The number of carbonyl (C=O) groups excluding carboxylic acids is 1. The van der Waals surface area contributed by atoms with Gasteiger partial charge in [-0.2, -0.15) is 4.98 Å². The molecule has 6 heteroatoms. The Labute approximate surface area is 117 Å². The zero-order valence-electron chi connectivity index (χ0n) is 11.7. The van der Waals surface area contributed by atoms with E-state index in [0.717, 1.165) is 6.42 Å². The van der Waals surface area contributed by atoms with Crippen molar-refractivity contribution in [2.24, 2.45) is 0 Å². The number of rotatable bonds is 6. The summed E-state index contributed by atoms with van der Waals surface area (Å²) in [5.74, 6) is 0.924. The lowest BCUT2D eigenvalue weighted by Crippen LogP contribution is -2.34. The molecule has 0 saturated heterocycles. The summed E-state index contributed by atoms with van der Waals surface area (Å²) < 4.78 is 4.98. The van der Waals surface area contributed by atoms with Gasteiger partial charge in [-0.1, -0.05) is 5.16 Å². The van der Waals surface area contributed by atoms with Gasteiger partial charge in [-0.25, -0.2) is 0 Å². The Morgan fingerprint density at radius 2 is 2.10 bits per heavy atom. The molecule has 0 aromatic carbocycles. The predicted molar refractivity (Wildman–Crippen MR) is 72.9 cm³/mol. The summed E-state index contributed by atoms with van der Waals surface area (Å²) in [6, 6.07) is 3.92. The van der Waals surface area contributed by atoms with Crippen LogP contribution in [0.15, 0.2) is 29.0 Å². The lowest BCUT2D eigenvalue weighted by atomic mass is 10.2. The van der Waals surface area contributed by atoms with Crippen molar-refractivity contribution < 1.29 is 9.32 Å². The smallest absolute Gasteiger partial charge is 0.236 e. The molecule has 0 atom stereocenters. The minimum atomic E-state index is 0.00482. The first-order chi connectivity index (χ1) is 9.69. The molecule has 0 spiro atoms. The van der Waals surface area contributed by atoms with Crippen molar-refractivity contribution in [3.05, 3.63) is 41.8 Å². The van der Waals surface area contributed by atoms with E-state index >= 15 is 0 Å². The Hall–Kier alpha value is -2.24. The summed E-state index contributed by atoms with van der Waals surface area (Å²) in [4.78, 5) is 22.0. The van der Waals surface area contributed by atoms with Gasteiger partial charge in [-0.15, -0.1) is 0 Å². The van der Waals surface area contributed by atoms with Gasteiger partial charge < -0.3 is 9.42 Å². The van der Waals surface area contributed by atoms with Crippen molar-refractivity contribution in [3.8, 4) is 0 Å². The largest absolute Gasteiger partial charge is 0.342 e. The molecule has 0 unspecified atom stereocenters. The van der Waals surface area contributed by atoms with Crippen LogP contribution in [0.2, 0.25) is 0 Å². The second kappa shape index (κ2) is 6.79. The Morgan fingerprint density at radius 1 is 1.35 bits per heavy atom. The lowest BCUT2D eigenvalue weighted by molar-refractivity contribution is -0.130. The average Bonchev–Trinajstić information content (AvgIpc) is 2.86. The maximum atomic E-state index is 12.2. The van der Waals surface area contributed by atoms with Crippen LogP contribution in [0.3, 0.4) is 0 Å². The van der Waals surface area contributed by atoms with Crippen LogP contribution >= 0.6 is 0 Å². The standard InChI is InChI=1S/C14H18N4O2/c1-3-18(9-6-12-4-7-15-8-5-12)14(19)10-13-16-11(2)17-20-13/h4-5,7-8H,3,6,9-10H2,1-2H3. The number of pyridine rings is 1. The zero-order valence-corrected chi connectivity index (χ0v) is 11.7. The lowest BCUT2D eigenvalue weighted by Gasteiger charge is -2.20. The van der Waals surface area contributed by atoms with Crippen molar-refractivity contribution in [1.82, 2.24) is 20.0 Å². The number of aryl methyl sites for hydroxylation is 1. The van der Waals surface area contributed by atoms with Crippen molar-refractivity contribution in [2.45, 2.75) is 26.7 Å². The normalized spacial score (nSPS) is 10.5. The van der Waals surface area contributed by atoms with Crippen LogP contribution in [-0.4, -0.2) is 39.0 Å². The van der Waals surface area contributed by atoms with Gasteiger partial charge in [0.25, 0.3) is 0 Å². The first-order valence-electron chi connectivity index (χ1n) is 6.65. The van der Waals surface area contributed by atoms with E-state index in [1.54, 1.807) is 24.2 Å². The summed E-state index contributed by atoms with van der Waals surface area (Å²) in [5, 5.41) is 3.68. The molecule has 0 N–H and O–H groups in total. The van der Waals surface area contributed by atoms with Crippen LogP contribution in [-0.2, 0) is 17.6 Å². The number of hydrogen-bond donors (Lipinski definition) is 0. The SMILES string of the molecule is CCN(CCc1ccncc1)C(=O)Cc1nc(C)no1. The molecule has 0 radical (unpaired) electrons. The highest BCUT2D eigenvalue weighted by atomic mass is 16.5. The second-order valence-corrected chi connectivity index (χ2v) is 4.49. The van der Waals surface area contributed by atoms with Crippen LogP contribution in [0.4, 0.5) is 0 Å². The molecule has 2 rings (SSSR count). The molecular formula is C14H18N4O2. The summed E-state index contributed by atoms with van der Waals surface area (Å²) in [6.45, 7) is 5.03. The van der Waals surface area contributed by atoms with Gasteiger partial charge in [0.05, 0.1) is 0 Å². The minimum absolute atomic E-state index is 0.00482. The van der Waals surface area contributed by atoms with Crippen molar-refractivity contribution in [1.29, 1.82) is 0 Å². The molecule has 0 aliphatic rings. The highest BCUT2D eigenvalue weighted by Gasteiger charge is 2.15. The van der Waals surface area contributed by atoms with E-state index in [9.17, 15) is 4.79 Å². The fourth-order valence-electron chi connectivity index (χ4n) is 1.93. The van der Waals surface area contributed by atoms with Crippen molar-refractivity contribution in [2.75, 3.05) is 13.1 Å². The average molecular weight is 274 g/mol. The third kappa shape index (κ3) is 3.88. The van der Waals surface area contributed by atoms with E-state index in [1.807, 2.05) is 19.1 Å². The summed E-state index contributed by atoms with van der Waals surface area (Å²) in [5.41, 5.74) is 1.17. The first kappa shape index (κ1) is 14.2. The highest BCUT2D eigenvalue weighted by Crippen LogP contribution is 2.04. The predicted octanol–water partition coefficient (Wildman–Crippen LogP) is 1.41. The molecule has 2 aromatic heterocycles. The fraction of sp³-hybridized carbons (Fsp3) is 0.429. The van der Waals surface area contributed by atoms with E-state index in [4.69, 9.17) is 4.52 Å². The number of amides is 1. The molecule has 0 aliphatic carbocycles. The number of likely N-dealkylation sites (N-methyl/N-ethyl adjacent to an activating group) is 1. The monoisotopic (exact) mass is 274 g/mol. The van der Waals surface area contributed by atoms with Gasteiger partial charge in [0, 0.05) is 25.5 Å². The third-order valence-corrected chi connectivity index (χ3v) is 3.03. The van der Waals surface area contributed by atoms with Gasteiger partial charge in [-0.3, -0.25) is 9.78 Å². The van der Waals surface area contributed by atoms with Crippen LogP contribution in [0.5, 0.6) is 0 Å². The molecule has 0 aliphatic heterocycles. The Kier molecular flexibility index (Phi) is 4.81. The third-order valence-electron chi connectivity index (χ3n) is 3.03. The molecular weight excluding hydrogens is 256 g/mol. The molecule has 2 aromatic rings. The molecule has 20 heavy (non-hydrogen) atoms. The van der Waals surface area contributed by atoms with Gasteiger partial charge in [0.15, 0.2) is 5.82 Å². The second-order valence-electron chi connectivity index (χ2n) is 4.49. The van der Waals surface area contributed by atoms with Crippen LogP contribution < -0.4 is 0 Å². The maximum Gasteiger partial charge on any atom is 0.236 e. The molecule has 1 amide bonds. The first-order valence-corrected chi connectivity index (χ1v) is 6.65. The van der Waals surface area contributed by atoms with E-state index in [-0.39, 0.29) is 12.3 Å². The zero-order chi connectivity index (χ0) is 14.4. The van der Waals surface area contributed by atoms with E-state index < -0.39 is 0 Å². The van der Waals surface area contributed by atoms with Gasteiger partial charge >= 0.3 is 0 Å². The summed E-state index contributed by atoms with van der Waals surface area (Å²) in [7, 11) is 0. The van der Waals surface area contributed by atoms with E-state index in [1.165, 1.54) is 5.56 Å². The van der Waals surface area contributed by atoms with Crippen molar-refractivity contribution in [3.63, 3.8) is 0 Å². The summed E-state index contributed by atoms with van der Waals surface area (Å²) >= 11 is 0. The van der Waals surface area contributed by atoms with Crippen LogP contribution in [0, 0.1) is 6.92 Å². The van der Waals surface area contributed by atoms with Gasteiger partial charge in [-0.05, 0) is 38.0 Å². The Morgan fingerprint density at radius 3 is 2.70 bits per heavy atom. The van der Waals surface area contributed by atoms with Gasteiger partial charge in [0.2, 0.25) is 11.8 Å². The molecule has 0 fully saturated rings. The molecule has 6 nitrogen and oxygen atoms in total. The van der Waals surface area contributed by atoms with E-state index in [0.29, 0.717) is 24.8 Å². The molecule has 106 valence electrons. The van der Waals surface area contributed by atoms with Crippen LogP contribution in [0.25, 0.3) is 0 Å². The van der Waals surface area contributed by atoms with Crippen molar-refractivity contribution >= 4 is 5.91 Å². The Bertz CT molecular complexity index is 553. The maximum absolute atomic E-state index is 12.2. The molecule has 0 bridgehead atoms. The number of aromatic nitrogens is 3. The summed E-state index contributed by atoms with van der Waals surface area (Å²) in [6.07, 6.45) is 4.49. The highest BCUT2D eigenvalue weighted by molar-refractivity contribution is 5.77. The Balaban J connectivity index is 1.89. The van der Waals surface area contributed by atoms with Crippen LogP contribution in [0.1, 0.15) is 24.2 Å². The van der Waals surface area contributed by atoms with E-state index in [2.05, 4.69) is 15.1 Å². The fourth-order valence-corrected chi connectivity index (χ4v) is 1.93. The topological polar surface area (TPSA) is 72.1 Å². The number of carbonyl (C=O) groups is 1. The van der Waals surface area contributed by atoms with Gasteiger partial charge in [0.1, 0.15) is 6.42 Å².